The van der Waals surface area contributed by atoms with E-state index in [4.69, 9.17) is 21.7 Å². The van der Waals surface area contributed by atoms with Crippen molar-refractivity contribution >= 4 is 46.0 Å². The predicted molar refractivity (Wildman–Crippen MR) is 165 cm³/mol. The standard InChI is InChI=1S/C33H30ClN5OS/c1-33(2)16-26-29(28(40)17-33)30(39-31(35-26)36-32(37-39)41-20-22-12-6-8-14-25(22)34)24-19-38(18-21-10-4-3-5-11-21)27-15-9-7-13-23(24)27/h3-15,19,30H,16-18,20H2,1-2H3,(H,35,36,37). The summed E-state index contributed by atoms with van der Waals surface area (Å²) in [6, 6.07) is 26.4. The summed E-state index contributed by atoms with van der Waals surface area (Å²) < 4.78 is 4.20. The second-order valence-electron chi connectivity index (χ2n) is 11.6. The lowest BCUT2D eigenvalue weighted by Gasteiger charge is -2.38. The maximum Gasteiger partial charge on any atom is 0.227 e. The number of nitrogens with one attached hydrogen (secondary N) is 1. The Morgan fingerprint density at radius 3 is 2.59 bits per heavy atom. The zero-order chi connectivity index (χ0) is 28.1. The van der Waals surface area contributed by atoms with Crippen molar-refractivity contribution < 1.29 is 4.79 Å². The van der Waals surface area contributed by atoms with Crippen molar-refractivity contribution in [1.82, 2.24) is 19.3 Å². The van der Waals surface area contributed by atoms with Gasteiger partial charge in [0.2, 0.25) is 11.1 Å². The maximum absolute atomic E-state index is 13.8. The smallest absolute Gasteiger partial charge is 0.227 e. The summed E-state index contributed by atoms with van der Waals surface area (Å²) in [6.45, 7) is 5.05. The Bertz CT molecular complexity index is 1820. The van der Waals surface area contributed by atoms with Crippen molar-refractivity contribution in [3.63, 3.8) is 0 Å². The van der Waals surface area contributed by atoms with Crippen LogP contribution < -0.4 is 5.32 Å². The molecule has 0 fully saturated rings. The zero-order valence-electron chi connectivity index (χ0n) is 23.0. The molecule has 1 aliphatic carbocycles. The number of rotatable bonds is 6. The number of allylic oxidation sites excluding steroid dienone is 2. The molecule has 41 heavy (non-hydrogen) atoms. The zero-order valence-corrected chi connectivity index (χ0v) is 24.5. The van der Waals surface area contributed by atoms with Crippen LogP contribution in [0.4, 0.5) is 5.95 Å². The first-order valence-corrected chi connectivity index (χ1v) is 15.2. The number of hydrogen-bond acceptors (Lipinski definition) is 5. The van der Waals surface area contributed by atoms with Gasteiger partial charge in [0.05, 0.1) is 0 Å². The minimum absolute atomic E-state index is 0.126. The molecule has 0 amide bonds. The molecule has 1 atom stereocenters. The summed E-state index contributed by atoms with van der Waals surface area (Å²) in [5.41, 5.74) is 6.08. The van der Waals surface area contributed by atoms with Gasteiger partial charge in [-0.1, -0.05) is 104 Å². The highest BCUT2D eigenvalue weighted by molar-refractivity contribution is 7.98. The summed E-state index contributed by atoms with van der Waals surface area (Å²) in [7, 11) is 0. The quantitative estimate of drug-likeness (QED) is 0.207. The number of carbonyl (C=O) groups is 1. The van der Waals surface area contributed by atoms with Crippen molar-refractivity contribution in [3.8, 4) is 0 Å². The van der Waals surface area contributed by atoms with Gasteiger partial charge in [0.25, 0.3) is 0 Å². The molecule has 1 N–H and O–H groups in total. The minimum atomic E-state index is -0.367. The molecule has 1 unspecified atom stereocenters. The highest BCUT2D eigenvalue weighted by Gasteiger charge is 2.42. The van der Waals surface area contributed by atoms with Gasteiger partial charge in [-0.05, 0) is 35.1 Å². The fraction of sp³-hybridized carbons (Fsp3) is 0.242. The Morgan fingerprint density at radius 1 is 1.00 bits per heavy atom. The Kier molecular flexibility index (Phi) is 6.51. The van der Waals surface area contributed by atoms with Crippen molar-refractivity contribution in [2.45, 2.75) is 50.2 Å². The molecule has 206 valence electrons. The number of carbonyl (C=O) groups excluding carboxylic acids is 1. The molecule has 1 aliphatic heterocycles. The van der Waals surface area contributed by atoms with Crippen LogP contribution in [0.3, 0.4) is 0 Å². The van der Waals surface area contributed by atoms with Gasteiger partial charge < -0.3 is 9.88 Å². The number of para-hydroxylation sites is 1. The van der Waals surface area contributed by atoms with E-state index < -0.39 is 0 Å². The summed E-state index contributed by atoms with van der Waals surface area (Å²) >= 11 is 7.96. The molecule has 3 heterocycles. The van der Waals surface area contributed by atoms with Crippen LogP contribution in [-0.4, -0.2) is 25.1 Å². The normalized spacial score (nSPS) is 17.8. The maximum atomic E-state index is 13.8. The van der Waals surface area contributed by atoms with E-state index in [9.17, 15) is 4.79 Å². The van der Waals surface area contributed by atoms with E-state index in [-0.39, 0.29) is 17.2 Å². The van der Waals surface area contributed by atoms with Crippen molar-refractivity contribution in [2.24, 2.45) is 5.41 Å². The molecule has 0 saturated heterocycles. The topological polar surface area (TPSA) is 64.7 Å². The van der Waals surface area contributed by atoms with E-state index in [1.54, 1.807) is 11.8 Å². The lowest BCUT2D eigenvalue weighted by atomic mass is 9.73. The summed E-state index contributed by atoms with van der Waals surface area (Å²) in [5, 5.41) is 11.0. The van der Waals surface area contributed by atoms with Crippen LogP contribution in [0.2, 0.25) is 5.02 Å². The Hall–Kier alpha value is -3.81. The number of aromatic nitrogens is 4. The summed E-state index contributed by atoms with van der Waals surface area (Å²) in [5.74, 6) is 1.49. The van der Waals surface area contributed by atoms with Crippen LogP contribution in [0.5, 0.6) is 0 Å². The van der Waals surface area contributed by atoms with Gasteiger partial charge in [-0.25, -0.2) is 4.68 Å². The average molecular weight is 580 g/mol. The Morgan fingerprint density at radius 2 is 1.76 bits per heavy atom. The van der Waals surface area contributed by atoms with Gasteiger partial charge in [0.1, 0.15) is 6.04 Å². The number of nitrogens with zero attached hydrogens (tertiary/aromatic N) is 4. The second-order valence-corrected chi connectivity index (χ2v) is 13.0. The first-order chi connectivity index (χ1) is 19.9. The van der Waals surface area contributed by atoms with Crippen LogP contribution in [-0.2, 0) is 17.1 Å². The number of thioether (sulfide) groups is 1. The number of ketones is 1. The first kappa shape index (κ1) is 26.1. The van der Waals surface area contributed by atoms with Crippen LogP contribution in [0, 0.1) is 5.41 Å². The number of benzene rings is 3. The fourth-order valence-corrected chi connectivity index (χ4v) is 7.21. The molecule has 0 saturated carbocycles. The molecule has 2 aliphatic rings. The van der Waals surface area contributed by atoms with E-state index in [2.05, 4.69) is 78.5 Å². The molecule has 0 bridgehead atoms. The third-order valence-electron chi connectivity index (χ3n) is 7.94. The number of hydrogen-bond donors (Lipinski definition) is 1. The van der Waals surface area contributed by atoms with Gasteiger partial charge in [-0.15, -0.1) is 5.10 Å². The largest absolute Gasteiger partial charge is 0.343 e. The van der Waals surface area contributed by atoms with Crippen molar-refractivity contribution in [3.05, 3.63) is 118 Å². The fourth-order valence-electron chi connectivity index (χ4n) is 6.10. The van der Waals surface area contributed by atoms with Gasteiger partial charge in [-0.3, -0.25) is 4.79 Å². The molecule has 3 aromatic carbocycles. The molecular formula is C33H30ClN5OS. The van der Waals surface area contributed by atoms with E-state index in [0.29, 0.717) is 23.3 Å². The third kappa shape index (κ3) is 4.87. The van der Waals surface area contributed by atoms with Gasteiger partial charge in [-0.2, -0.15) is 4.98 Å². The molecule has 8 heteroatoms. The average Bonchev–Trinajstić information content (AvgIpc) is 3.52. The third-order valence-corrected chi connectivity index (χ3v) is 9.19. The molecule has 5 aromatic rings. The Balaban J connectivity index is 1.34. The van der Waals surface area contributed by atoms with E-state index in [1.807, 2.05) is 35.0 Å². The van der Waals surface area contributed by atoms with Gasteiger partial charge in [0, 0.05) is 57.7 Å². The predicted octanol–water partition coefficient (Wildman–Crippen LogP) is 7.88. The lowest BCUT2D eigenvalue weighted by Crippen LogP contribution is -2.36. The van der Waals surface area contributed by atoms with E-state index >= 15 is 0 Å². The molecule has 0 radical (unpaired) electrons. The summed E-state index contributed by atoms with van der Waals surface area (Å²) in [4.78, 5) is 18.7. The second kappa shape index (κ2) is 10.2. The van der Waals surface area contributed by atoms with Crippen molar-refractivity contribution in [2.75, 3.05) is 5.32 Å². The van der Waals surface area contributed by atoms with E-state index in [0.717, 1.165) is 51.3 Å². The SMILES string of the molecule is CC1(C)CC(=O)C2=C(C1)Nc1nc(SCc3ccccc3Cl)nn1C2c1cn(Cc2ccccc2)c2ccccc12. The van der Waals surface area contributed by atoms with Crippen LogP contribution in [0.1, 0.15) is 49.4 Å². The van der Waals surface area contributed by atoms with Gasteiger partial charge in [0.15, 0.2) is 5.78 Å². The Labute approximate surface area is 248 Å². The molecule has 7 rings (SSSR count). The highest BCUT2D eigenvalue weighted by Crippen LogP contribution is 2.47. The first-order valence-electron chi connectivity index (χ1n) is 13.8. The van der Waals surface area contributed by atoms with Gasteiger partial charge >= 0.3 is 0 Å². The number of halogens is 1. The van der Waals surface area contributed by atoms with Crippen LogP contribution in [0.25, 0.3) is 10.9 Å². The molecule has 0 spiro atoms. The number of Topliss-reactive ketones (excluding diaryl/α,β-unsaturated/α-hetero) is 1. The monoisotopic (exact) mass is 579 g/mol. The van der Waals surface area contributed by atoms with Crippen molar-refractivity contribution in [1.29, 1.82) is 0 Å². The summed E-state index contributed by atoms with van der Waals surface area (Å²) in [6.07, 6.45) is 3.49. The molecular weight excluding hydrogens is 550 g/mol. The van der Waals surface area contributed by atoms with E-state index in [1.165, 1.54) is 5.56 Å². The molecule has 6 nitrogen and oxygen atoms in total. The lowest BCUT2D eigenvalue weighted by molar-refractivity contribution is -0.118. The number of anilines is 1. The minimum Gasteiger partial charge on any atom is -0.343 e. The van der Waals surface area contributed by atoms with Crippen LogP contribution >= 0.6 is 23.4 Å². The highest BCUT2D eigenvalue weighted by atomic mass is 35.5. The number of fused-ring (bicyclic) bond motifs is 2. The molecule has 2 aromatic heterocycles. The van der Waals surface area contributed by atoms with Crippen LogP contribution in [0.15, 0.2) is 101 Å².